The third-order valence-electron chi connectivity index (χ3n) is 3.75. The van der Waals surface area contributed by atoms with Crippen molar-refractivity contribution in [1.82, 2.24) is 10.2 Å². The number of thioether (sulfide) groups is 1. The molecular weight excluding hydrogens is 344 g/mol. The lowest BCUT2D eigenvalue weighted by Gasteiger charge is -2.16. The SMILES string of the molecule is CCSc1nnc(NC(=O)C2CC(=O)N(c3ccc(C)cc3)C2)s1. The van der Waals surface area contributed by atoms with Crippen molar-refractivity contribution in [2.24, 2.45) is 5.92 Å². The molecule has 2 amide bonds. The van der Waals surface area contributed by atoms with Crippen molar-refractivity contribution in [3.05, 3.63) is 29.8 Å². The zero-order valence-corrected chi connectivity index (χ0v) is 15.1. The van der Waals surface area contributed by atoms with Gasteiger partial charge in [-0.05, 0) is 24.8 Å². The molecule has 2 heterocycles. The Morgan fingerprint density at radius 1 is 1.38 bits per heavy atom. The minimum absolute atomic E-state index is 0.0292. The van der Waals surface area contributed by atoms with Crippen LogP contribution in [0.3, 0.4) is 0 Å². The molecule has 126 valence electrons. The fourth-order valence-electron chi connectivity index (χ4n) is 2.51. The maximum absolute atomic E-state index is 12.4. The fourth-order valence-corrected chi connectivity index (χ4v) is 4.16. The summed E-state index contributed by atoms with van der Waals surface area (Å²) < 4.78 is 0.830. The summed E-state index contributed by atoms with van der Waals surface area (Å²) in [6.45, 7) is 4.43. The van der Waals surface area contributed by atoms with Crippen LogP contribution in [0.25, 0.3) is 0 Å². The average Bonchev–Trinajstić information content (AvgIpc) is 3.15. The number of rotatable bonds is 5. The van der Waals surface area contributed by atoms with E-state index in [2.05, 4.69) is 15.5 Å². The first kappa shape index (κ1) is 16.9. The van der Waals surface area contributed by atoms with Gasteiger partial charge in [-0.3, -0.25) is 9.59 Å². The second-order valence-electron chi connectivity index (χ2n) is 5.54. The summed E-state index contributed by atoms with van der Waals surface area (Å²) in [5, 5.41) is 11.2. The van der Waals surface area contributed by atoms with Crippen LogP contribution in [0.4, 0.5) is 10.8 Å². The molecule has 1 aliphatic rings. The number of nitrogens with one attached hydrogen (secondary N) is 1. The molecule has 0 radical (unpaired) electrons. The summed E-state index contributed by atoms with van der Waals surface area (Å²) in [6, 6.07) is 7.74. The molecule has 1 atom stereocenters. The summed E-state index contributed by atoms with van der Waals surface area (Å²) in [7, 11) is 0. The van der Waals surface area contributed by atoms with Gasteiger partial charge in [0.1, 0.15) is 0 Å². The molecule has 0 spiro atoms. The average molecular weight is 362 g/mol. The number of hydrogen-bond donors (Lipinski definition) is 1. The van der Waals surface area contributed by atoms with Crippen LogP contribution in [0.1, 0.15) is 18.9 Å². The Morgan fingerprint density at radius 2 is 2.12 bits per heavy atom. The Kier molecular flexibility index (Phi) is 5.15. The first-order chi connectivity index (χ1) is 11.6. The molecule has 1 aromatic heterocycles. The first-order valence-corrected chi connectivity index (χ1v) is 9.51. The van der Waals surface area contributed by atoms with Gasteiger partial charge >= 0.3 is 0 Å². The minimum Gasteiger partial charge on any atom is -0.312 e. The second kappa shape index (κ2) is 7.31. The van der Waals surface area contributed by atoms with E-state index < -0.39 is 0 Å². The van der Waals surface area contributed by atoms with E-state index >= 15 is 0 Å². The number of anilines is 2. The quantitative estimate of drug-likeness (QED) is 0.654. The Labute approximate surface area is 148 Å². The molecule has 0 bridgehead atoms. The van der Waals surface area contributed by atoms with Gasteiger partial charge in [0.2, 0.25) is 16.9 Å². The zero-order valence-electron chi connectivity index (χ0n) is 13.5. The van der Waals surface area contributed by atoms with Crippen molar-refractivity contribution in [2.45, 2.75) is 24.6 Å². The molecule has 6 nitrogen and oxygen atoms in total. The van der Waals surface area contributed by atoms with Crippen molar-refractivity contribution < 1.29 is 9.59 Å². The van der Waals surface area contributed by atoms with Gasteiger partial charge in [-0.15, -0.1) is 10.2 Å². The molecular formula is C16H18N4O2S2. The van der Waals surface area contributed by atoms with Gasteiger partial charge in [0, 0.05) is 18.7 Å². The minimum atomic E-state index is -0.370. The van der Waals surface area contributed by atoms with E-state index in [9.17, 15) is 9.59 Å². The topological polar surface area (TPSA) is 75.2 Å². The van der Waals surface area contributed by atoms with Crippen LogP contribution in [-0.2, 0) is 9.59 Å². The number of aromatic nitrogens is 2. The van der Waals surface area contributed by atoms with Crippen molar-refractivity contribution >= 4 is 45.7 Å². The van der Waals surface area contributed by atoms with E-state index in [4.69, 9.17) is 0 Å². The monoisotopic (exact) mass is 362 g/mol. The van der Waals surface area contributed by atoms with Crippen LogP contribution < -0.4 is 10.2 Å². The number of hydrogen-bond acceptors (Lipinski definition) is 6. The number of benzene rings is 1. The van der Waals surface area contributed by atoms with Crippen molar-refractivity contribution in [3.63, 3.8) is 0 Å². The highest BCUT2D eigenvalue weighted by molar-refractivity contribution is 8.01. The van der Waals surface area contributed by atoms with Crippen LogP contribution in [-0.4, -0.2) is 34.3 Å². The van der Waals surface area contributed by atoms with E-state index in [0.717, 1.165) is 21.3 Å². The molecule has 1 unspecified atom stereocenters. The predicted molar refractivity (Wildman–Crippen MR) is 96.6 cm³/mol. The summed E-state index contributed by atoms with van der Waals surface area (Å²) in [6.07, 6.45) is 0.217. The molecule has 24 heavy (non-hydrogen) atoms. The Bertz CT molecular complexity index is 745. The number of carbonyl (C=O) groups is 2. The first-order valence-electron chi connectivity index (χ1n) is 7.71. The van der Waals surface area contributed by atoms with Gasteiger partial charge < -0.3 is 10.2 Å². The van der Waals surface area contributed by atoms with Gasteiger partial charge in [0.25, 0.3) is 0 Å². The summed E-state index contributed by atoms with van der Waals surface area (Å²) in [5.74, 6) is 0.330. The van der Waals surface area contributed by atoms with E-state index in [1.165, 1.54) is 11.3 Å². The number of amides is 2. The van der Waals surface area contributed by atoms with Crippen molar-refractivity contribution in [2.75, 3.05) is 22.5 Å². The summed E-state index contributed by atoms with van der Waals surface area (Å²) in [5.41, 5.74) is 1.97. The van der Waals surface area contributed by atoms with Crippen LogP contribution in [0.2, 0.25) is 0 Å². The highest BCUT2D eigenvalue weighted by atomic mass is 32.2. The fraction of sp³-hybridized carbons (Fsp3) is 0.375. The molecule has 1 aromatic carbocycles. The highest BCUT2D eigenvalue weighted by Gasteiger charge is 2.35. The van der Waals surface area contributed by atoms with E-state index in [1.807, 2.05) is 38.1 Å². The smallest absolute Gasteiger partial charge is 0.231 e. The lowest BCUT2D eigenvalue weighted by molar-refractivity contribution is -0.122. The Balaban J connectivity index is 1.64. The van der Waals surface area contributed by atoms with Crippen LogP contribution in [0, 0.1) is 12.8 Å². The maximum atomic E-state index is 12.4. The molecule has 2 aromatic rings. The zero-order chi connectivity index (χ0) is 17.1. The molecule has 1 aliphatic heterocycles. The number of aryl methyl sites for hydroxylation is 1. The van der Waals surface area contributed by atoms with Crippen molar-refractivity contribution in [3.8, 4) is 0 Å². The molecule has 1 N–H and O–H groups in total. The molecule has 8 heteroatoms. The van der Waals surface area contributed by atoms with Gasteiger partial charge in [-0.25, -0.2) is 0 Å². The summed E-state index contributed by atoms with van der Waals surface area (Å²) in [4.78, 5) is 26.3. The summed E-state index contributed by atoms with van der Waals surface area (Å²) >= 11 is 2.94. The predicted octanol–water partition coefficient (Wildman–Crippen LogP) is 2.95. The third-order valence-corrected chi connectivity index (χ3v) is 5.60. The normalized spacial score (nSPS) is 17.3. The van der Waals surface area contributed by atoms with Gasteiger partial charge in [0.05, 0.1) is 5.92 Å². The standard InChI is InChI=1S/C16H18N4O2S2/c1-3-23-16-19-18-15(24-16)17-14(22)11-8-13(21)20(9-11)12-6-4-10(2)5-7-12/h4-7,11H,3,8-9H2,1-2H3,(H,17,18,22). The van der Waals surface area contributed by atoms with E-state index in [0.29, 0.717) is 11.7 Å². The number of nitrogens with zero attached hydrogens (tertiary/aromatic N) is 3. The molecule has 1 saturated heterocycles. The van der Waals surface area contributed by atoms with Crippen LogP contribution in [0.15, 0.2) is 28.6 Å². The second-order valence-corrected chi connectivity index (χ2v) is 8.02. The third kappa shape index (κ3) is 3.76. The van der Waals surface area contributed by atoms with Gasteiger partial charge in [0.15, 0.2) is 4.34 Å². The maximum Gasteiger partial charge on any atom is 0.231 e. The highest BCUT2D eigenvalue weighted by Crippen LogP contribution is 2.28. The lowest BCUT2D eigenvalue weighted by Crippen LogP contribution is -2.28. The Morgan fingerprint density at radius 3 is 2.83 bits per heavy atom. The van der Waals surface area contributed by atoms with E-state index in [-0.39, 0.29) is 24.2 Å². The van der Waals surface area contributed by atoms with E-state index in [1.54, 1.807) is 16.7 Å². The van der Waals surface area contributed by atoms with Crippen LogP contribution in [0.5, 0.6) is 0 Å². The largest absolute Gasteiger partial charge is 0.312 e. The lowest BCUT2D eigenvalue weighted by atomic mass is 10.1. The van der Waals surface area contributed by atoms with Crippen molar-refractivity contribution in [1.29, 1.82) is 0 Å². The molecule has 3 rings (SSSR count). The molecule has 0 aliphatic carbocycles. The van der Waals surface area contributed by atoms with Crippen LogP contribution >= 0.6 is 23.1 Å². The van der Waals surface area contributed by atoms with Gasteiger partial charge in [-0.1, -0.05) is 47.7 Å². The molecule has 1 fully saturated rings. The number of carbonyl (C=O) groups excluding carboxylic acids is 2. The molecule has 0 saturated carbocycles. The Hall–Kier alpha value is -1.93. The van der Waals surface area contributed by atoms with Gasteiger partial charge in [-0.2, -0.15) is 0 Å².